The van der Waals surface area contributed by atoms with Crippen LogP contribution in [0.25, 0.3) is 0 Å². The van der Waals surface area contributed by atoms with Gasteiger partial charge in [-0.1, -0.05) is 19.8 Å². The number of hydrogen-bond donors (Lipinski definition) is 1. The predicted molar refractivity (Wildman–Crippen MR) is 73.3 cm³/mol. The van der Waals surface area contributed by atoms with E-state index in [1.807, 2.05) is 0 Å². The van der Waals surface area contributed by atoms with Crippen LogP contribution in [0.3, 0.4) is 0 Å². The summed E-state index contributed by atoms with van der Waals surface area (Å²) < 4.78 is 0. The molecule has 0 spiro atoms. The molecule has 2 heterocycles. The molecule has 1 amide bonds. The zero-order chi connectivity index (χ0) is 12.5. The van der Waals surface area contributed by atoms with Crippen LogP contribution in [0.5, 0.6) is 0 Å². The molecule has 3 unspecified atom stereocenters. The third-order valence-electron chi connectivity index (χ3n) is 4.41. The van der Waals surface area contributed by atoms with E-state index in [1.54, 1.807) is 11.3 Å². The molecule has 0 aromatic carbocycles. The Labute approximate surface area is 112 Å². The van der Waals surface area contributed by atoms with E-state index in [1.165, 1.54) is 24.8 Å². The molecule has 1 aromatic heterocycles. The summed E-state index contributed by atoms with van der Waals surface area (Å²) in [4.78, 5) is 14.1. The maximum absolute atomic E-state index is 12.0. The maximum atomic E-state index is 12.0. The number of carbonyl (C=O) groups is 1. The standard InChI is InChI=1S/C14H20N2OS/c1-10-3-2-4-11(10)8-16-13(17)7-15-14(16)12-5-6-18-9-12/h5-6,9-11,14-15H,2-4,7-8H2,1H3. The fraction of sp³-hybridized carbons (Fsp3) is 0.643. The third kappa shape index (κ3) is 2.19. The second kappa shape index (κ2) is 5.02. The number of nitrogens with one attached hydrogen (secondary N) is 1. The number of nitrogens with zero attached hydrogens (tertiary/aromatic N) is 1. The van der Waals surface area contributed by atoms with Crippen LogP contribution in [-0.2, 0) is 4.79 Å². The van der Waals surface area contributed by atoms with Crippen LogP contribution < -0.4 is 5.32 Å². The van der Waals surface area contributed by atoms with E-state index in [4.69, 9.17) is 0 Å². The lowest BCUT2D eigenvalue weighted by atomic mass is 9.97. The summed E-state index contributed by atoms with van der Waals surface area (Å²) in [7, 11) is 0. The minimum Gasteiger partial charge on any atom is -0.321 e. The van der Waals surface area contributed by atoms with Crippen LogP contribution in [0.2, 0.25) is 0 Å². The van der Waals surface area contributed by atoms with Crippen molar-refractivity contribution in [2.24, 2.45) is 11.8 Å². The van der Waals surface area contributed by atoms with Gasteiger partial charge in [0, 0.05) is 6.54 Å². The molecule has 3 atom stereocenters. The third-order valence-corrected chi connectivity index (χ3v) is 5.11. The van der Waals surface area contributed by atoms with E-state index in [0.29, 0.717) is 12.5 Å². The van der Waals surface area contributed by atoms with Crippen LogP contribution in [0.15, 0.2) is 16.8 Å². The summed E-state index contributed by atoms with van der Waals surface area (Å²) in [6.07, 6.45) is 4.03. The van der Waals surface area contributed by atoms with Crippen LogP contribution in [0, 0.1) is 11.8 Å². The first-order chi connectivity index (χ1) is 8.75. The molecular weight excluding hydrogens is 244 g/mol. The number of thiophene rings is 1. The SMILES string of the molecule is CC1CCCC1CN1C(=O)CNC1c1ccsc1. The van der Waals surface area contributed by atoms with E-state index >= 15 is 0 Å². The Balaban J connectivity index is 1.73. The summed E-state index contributed by atoms with van der Waals surface area (Å²) in [5, 5.41) is 7.55. The minimum absolute atomic E-state index is 0.108. The summed E-state index contributed by atoms with van der Waals surface area (Å²) in [6.45, 7) is 3.74. The highest BCUT2D eigenvalue weighted by atomic mass is 32.1. The van der Waals surface area contributed by atoms with Crippen molar-refractivity contribution in [1.82, 2.24) is 10.2 Å². The van der Waals surface area contributed by atoms with E-state index < -0.39 is 0 Å². The van der Waals surface area contributed by atoms with E-state index in [9.17, 15) is 4.79 Å². The second-order valence-electron chi connectivity index (χ2n) is 5.55. The molecule has 3 nitrogen and oxygen atoms in total. The molecule has 1 aliphatic carbocycles. The van der Waals surface area contributed by atoms with Crippen LogP contribution in [0.1, 0.15) is 37.9 Å². The number of hydrogen-bond acceptors (Lipinski definition) is 3. The Morgan fingerprint density at radius 2 is 2.39 bits per heavy atom. The fourth-order valence-electron chi connectivity index (χ4n) is 3.22. The highest BCUT2D eigenvalue weighted by Gasteiger charge is 2.35. The molecule has 3 rings (SSSR count). The molecule has 4 heteroatoms. The number of amides is 1. The highest BCUT2D eigenvalue weighted by Crippen LogP contribution is 2.34. The smallest absolute Gasteiger partial charge is 0.238 e. The van der Waals surface area contributed by atoms with Gasteiger partial charge in [0.05, 0.1) is 6.54 Å². The quantitative estimate of drug-likeness (QED) is 0.910. The first-order valence-corrected chi connectivity index (χ1v) is 7.75. The van der Waals surface area contributed by atoms with Gasteiger partial charge in [-0.3, -0.25) is 10.1 Å². The molecule has 2 aliphatic rings. The van der Waals surface area contributed by atoms with Gasteiger partial charge in [0.2, 0.25) is 5.91 Å². The Morgan fingerprint density at radius 1 is 1.50 bits per heavy atom. The van der Waals surface area contributed by atoms with Crippen LogP contribution in [0.4, 0.5) is 0 Å². The zero-order valence-corrected chi connectivity index (χ0v) is 11.6. The minimum atomic E-state index is 0.108. The number of carbonyl (C=O) groups excluding carboxylic acids is 1. The molecule has 1 saturated carbocycles. The lowest BCUT2D eigenvalue weighted by Gasteiger charge is -2.28. The lowest BCUT2D eigenvalue weighted by Crippen LogP contribution is -2.35. The molecule has 1 aromatic rings. The van der Waals surface area contributed by atoms with Gasteiger partial charge in [-0.25, -0.2) is 0 Å². The normalized spacial score (nSPS) is 32.4. The van der Waals surface area contributed by atoms with E-state index in [0.717, 1.165) is 12.5 Å². The van der Waals surface area contributed by atoms with Crippen molar-refractivity contribution in [3.8, 4) is 0 Å². The summed E-state index contributed by atoms with van der Waals surface area (Å²) in [5.74, 6) is 1.71. The van der Waals surface area contributed by atoms with E-state index in [2.05, 4.69) is 34.0 Å². The average molecular weight is 264 g/mol. The molecular formula is C14H20N2OS. The first kappa shape index (κ1) is 12.2. The number of rotatable bonds is 3. The van der Waals surface area contributed by atoms with Crippen molar-refractivity contribution in [3.05, 3.63) is 22.4 Å². The lowest BCUT2D eigenvalue weighted by molar-refractivity contribution is -0.128. The molecule has 1 saturated heterocycles. The van der Waals surface area contributed by atoms with Crippen LogP contribution in [-0.4, -0.2) is 23.9 Å². The molecule has 2 fully saturated rings. The molecule has 1 aliphatic heterocycles. The van der Waals surface area contributed by atoms with Crippen LogP contribution >= 0.6 is 11.3 Å². The zero-order valence-electron chi connectivity index (χ0n) is 10.8. The first-order valence-electron chi connectivity index (χ1n) is 6.80. The van der Waals surface area contributed by atoms with Crippen molar-refractivity contribution in [2.45, 2.75) is 32.4 Å². The topological polar surface area (TPSA) is 32.3 Å². The molecule has 98 valence electrons. The Morgan fingerprint density at radius 3 is 3.06 bits per heavy atom. The Kier molecular flexibility index (Phi) is 3.39. The van der Waals surface area contributed by atoms with Gasteiger partial charge in [0.25, 0.3) is 0 Å². The van der Waals surface area contributed by atoms with Gasteiger partial charge in [-0.2, -0.15) is 11.3 Å². The van der Waals surface area contributed by atoms with Crippen molar-refractivity contribution in [2.75, 3.05) is 13.1 Å². The van der Waals surface area contributed by atoms with Crippen molar-refractivity contribution >= 4 is 17.2 Å². The maximum Gasteiger partial charge on any atom is 0.238 e. The average Bonchev–Trinajstić information content (AvgIpc) is 3.04. The van der Waals surface area contributed by atoms with Crippen molar-refractivity contribution in [1.29, 1.82) is 0 Å². The van der Waals surface area contributed by atoms with Gasteiger partial charge in [0.1, 0.15) is 6.17 Å². The van der Waals surface area contributed by atoms with E-state index in [-0.39, 0.29) is 12.1 Å². The van der Waals surface area contributed by atoms with Gasteiger partial charge in [-0.05, 0) is 40.6 Å². The second-order valence-corrected chi connectivity index (χ2v) is 6.33. The predicted octanol–water partition coefficient (Wildman–Crippen LogP) is 2.61. The summed E-state index contributed by atoms with van der Waals surface area (Å²) in [5.41, 5.74) is 1.23. The van der Waals surface area contributed by atoms with Gasteiger partial charge in [0.15, 0.2) is 0 Å². The van der Waals surface area contributed by atoms with Gasteiger partial charge < -0.3 is 4.90 Å². The van der Waals surface area contributed by atoms with Gasteiger partial charge in [-0.15, -0.1) is 0 Å². The van der Waals surface area contributed by atoms with Crippen molar-refractivity contribution in [3.63, 3.8) is 0 Å². The van der Waals surface area contributed by atoms with Crippen molar-refractivity contribution < 1.29 is 4.79 Å². The Hall–Kier alpha value is -0.870. The summed E-state index contributed by atoms with van der Waals surface area (Å²) in [6, 6.07) is 2.12. The molecule has 0 radical (unpaired) electrons. The molecule has 18 heavy (non-hydrogen) atoms. The summed E-state index contributed by atoms with van der Waals surface area (Å²) >= 11 is 1.70. The monoisotopic (exact) mass is 264 g/mol. The molecule has 0 bridgehead atoms. The highest BCUT2D eigenvalue weighted by molar-refractivity contribution is 7.07. The fourth-order valence-corrected chi connectivity index (χ4v) is 3.90. The van der Waals surface area contributed by atoms with Gasteiger partial charge >= 0.3 is 0 Å². The largest absolute Gasteiger partial charge is 0.321 e. The Bertz CT molecular complexity index is 417. The molecule has 1 N–H and O–H groups in total.